The molecule has 2 heterocycles. The van der Waals surface area contributed by atoms with Gasteiger partial charge in [0.05, 0.1) is 0 Å². The molecule has 0 aromatic heterocycles. The standard InChI is InChI=1S/C6H10N2O3S/c9-6-5-4(2-1-3-7-5)12(10,11)8-6/h4-5,7H,1-3H2,(H,8,9)/t4-,5+/m1/s1. The first-order valence-corrected chi connectivity index (χ1v) is 5.45. The largest absolute Gasteiger partial charge is 0.305 e. The Bertz CT molecular complexity index is 311. The molecule has 5 nitrogen and oxygen atoms in total. The van der Waals surface area contributed by atoms with E-state index >= 15 is 0 Å². The van der Waals surface area contributed by atoms with Gasteiger partial charge in [-0.05, 0) is 19.4 Å². The van der Waals surface area contributed by atoms with E-state index in [1.54, 1.807) is 0 Å². The average molecular weight is 190 g/mol. The van der Waals surface area contributed by atoms with Crippen molar-refractivity contribution in [1.29, 1.82) is 0 Å². The molecule has 2 rings (SSSR count). The lowest BCUT2D eigenvalue weighted by molar-refractivity contribution is -0.120. The molecule has 68 valence electrons. The molecule has 2 aliphatic heterocycles. The summed E-state index contributed by atoms with van der Waals surface area (Å²) in [6, 6.07) is -0.510. The third-order valence-corrected chi connectivity index (χ3v) is 4.12. The van der Waals surface area contributed by atoms with Gasteiger partial charge in [0.2, 0.25) is 10.0 Å². The summed E-state index contributed by atoms with van der Waals surface area (Å²) in [4.78, 5) is 11.1. The van der Waals surface area contributed by atoms with Gasteiger partial charge in [0.25, 0.3) is 5.91 Å². The summed E-state index contributed by atoms with van der Waals surface area (Å²) in [5.41, 5.74) is 0. The molecule has 12 heavy (non-hydrogen) atoms. The topological polar surface area (TPSA) is 75.3 Å². The smallest absolute Gasteiger partial charge is 0.251 e. The van der Waals surface area contributed by atoms with Crippen LogP contribution in [0.2, 0.25) is 0 Å². The maximum Gasteiger partial charge on any atom is 0.251 e. The molecule has 1 amide bonds. The van der Waals surface area contributed by atoms with Gasteiger partial charge in [-0.25, -0.2) is 8.42 Å². The Morgan fingerprint density at radius 3 is 2.83 bits per heavy atom. The van der Waals surface area contributed by atoms with Gasteiger partial charge in [0.1, 0.15) is 11.3 Å². The predicted octanol–water partition coefficient (Wildman–Crippen LogP) is -1.43. The van der Waals surface area contributed by atoms with E-state index in [1.807, 2.05) is 4.72 Å². The van der Waals surface area contributed by atoms with E-state index in [-0.39, 0.29) is 0 Å². The first-order chi connectivity index (χ1) is 5.61. The minimum absolute atomic E-state index is 0.403. The Kier molecular flexibility index (Phi) is 1.62. The zero-order chi connectivity index (χ0) is 8.77. The van der Waals surface area contributed by atoms with E-state index in [9.17, 15) is 13.2 Å². The maximum absolute atomic E-state index is 11.2. The van der Waals surface area contributed by atoms with Crippen LogP contribution in [-0.4, -0.2) is 32.2 Å². The van der Waals surface area contributed by atoms with Crippen molar-refractivity contribution in [3.63, 3.8) is 0 Å². The monoisotopic (exact) mass is 190 g/mol. The summed E-state index contributed by atoms with van der Waals surface area (Å²) in [5, 5.41) is 2.35. The molecule has 0 unspecified atom stereocenters. The number of nitrogens with one attached hydrogen (secondary N) is 2. The summed E-state index contributed by atoms with van der Waals surface area (Å²) in [6.45, 7) is 0.726. The first-order valence-electron chi connectivity index (χ1n) is 3.90. The molecule has 0 aliphatic carbocycles. The molecule has 2 fully saturated rings. The molecular formula is C6H10N2O3S. The third kappa shape index (κ3) is 1.02. The van der Waals surface area contributed by atoms with E-state index in [1.165, 1.54) is 0 Å². The molecule has 0 spiro atoms. The van der Waals surface area contributed by atoms with Crippen molar-refractivity contribution in [1.82, 2.24) is 10.0 Å². The van der Waals surface area contributed by atoms with Crippen LogP contribution in [0.1, 0.15) is 12.8 Å². The zero-order valence-electron chi connectivity index (χ0n) is 6.41. The summed E-state index contributed by atoms with van der Waals surface area (Å²) < 4.78 is 24.5. The van der Waals surface area contributed by atoms with Gasteiger partial charge in [-0.1, -0.05) is 0 Å². The highest BCUT2D eigenvalue weighted by molar-refractivity contribution is 7.91. The average Bonchev–Trinajstić information content (AvgIpc) is 2.25. The minimum Gasteiger partial charge on any atom is -0.305 e. The van der Waals surface area contributed by atoms with Crippen LogP contribution in [0.4, 0.5) is 0 Å². The van der Waals surface area contributed by atoms with E-state index < -0.39 is 27.2 Å². The highest BCUT2D eigenvalue weighted by atomic mass is 32.2. The summed E-state index contributed by atoms with van der Waals surface area (Å²) in [5.74, 6) is -0.403. The van der Waals surface area contributed by atoms with Gasteiger partial charge in [-0.3, -0.25) is 9.52 Å². The number of carbonyl (C=O) groups excluding carboxylic acids is 1. The molecule has 0 radical (unpaired) electrons. The molecule has 0 aromatic carbocycles. The van der Waals surface area contributed by atoms with Gasteiger partial charge in [0, 0.05) is 0 Å². The van der Waals surface area contributed by atoms with Gasteiger partial charge in [-0.15, -0.1) is 0 Å². The van der Waals surface area contributed by atoms with Crippen LogP contribution in [0.3, 0.4) is 0 Å². The Morgan fingerprint density at radius 1 is 1.42 bits per heavy atom. The van der Waals surface area contributed by atoms with Crippen molar-refractivity contribution < 1.29 is 13.2 Å². The lowest BCUT2D eigenvalue weighted by Crippen LogP contribution is -2.46. The second-order valence-corrected chi connectivity index (χ2v) is 5.02. The molecule has 2 atom stereocenters. The summed E-state index contributed by atoms with van der Waals surface area (Å²) in [6.07, 6.45) is 1.40. The molecule has 6 heteroatoms. The highest BCUT2D eigenvalue weighted by Crippen LogP contribution is 2.21. The van der Waals surface area contributed by atoms with E-state index in [0.29, 0.717) is 6.42 Å². The van der Waals surface area contributed by atoms with Crippen molar-refractivity contribution in [2.75, 3.05) is 6.54 Å². The molecule has 2 N–H and O–H groups in total. The fourth-order valence-corrected chi connectivity index (χ4v) is 3.35. The molecule has 2 saturated heterocycles. The molecule has 0 aromatic rings. The van der Waals surface area contributed by atoms with Crippen LogP contribution < -0.4 is 10.0 Å². The Morgan fingerprint density at radius 2 is 2.17 bits per heavy atom. The van der Waals surface area contributed by atoms with Crippen molar-refractivity contribution in [2.24, 2.45) is 0 Å². The Labute approximate surface area is 70.6 Å². The lowest BCUT2D eigenvalue weighted by atomic mass is 10.0. The first kappa shape index (κ1) is 8.00. The van der Waals surface area contributed by atoms with E-state index in [4.69, 9.17) is 0 Å². The molecule has 0 bridgehead atoms. The number of carbonyl (C=O) groups is 1. The SMILES string of the molecule is O=C1NS(=O)(=O)[C@@H]2CCCN[C@H]12. The van der Waals surface area contributed by atoms with E-state index in [0.717, 1.165) is 13.0 Å². The third-order valence-electron chi connectivity index (χ3n) is 2.33. The molecule has 0 saturated carbocycles. The van der Waals surface area contributed by atoms with E-state index in [2.05, 4.69) is 5.32 Å². The van der Waals surface area contributed by atoms with Crippen molar-refractivity contribution in [3.05, 3.63) is 0 Å². The fourth-order valence-electron chi connectivity index (χ4n) is 1.73. The van der Waals surface area contributed by atoms with Crippen LogP contribution in [0.25, 0.3) is 0 Å². The minimum atomic E-state index is -3.36. The summed E-state index contributed by atoms with van der Waals surface area (Å²) in [7, 11) is -3.36. The van der Waals surface area contributed by atoms with Gasteiger partial charge >= 0.3 is 0 Å². The van der Waals surface area contributed by atoms with Crippen molar-refractivity contribution >= 4 is 15.9 Å². The van der Waals surface area contributed by atoms with Crippen LogP contribution in [0.15, 0.2) is 0 Å². The number of amides is 1. The molecule has 2 aliphatic rings. The highest BCUT2D eigenvalue weighted by Gasteiger charge is 2.47. The second kappa shape index (κ2) is 2.43. The van der Waals surface area contributed by atoms with Gasteiger partial charge in [-0.2, -0.15) is 0 Å². The maximum atomic E-state index is 11.2. The normalized spacial score (nSPS) is 38.8. The van der Waals surface area contributed by atoms with Crippen LogP contribution in [0.5, 0.6) is 0 Å². The van der Waals surface area contributed by atoms with Crippen LogP contribution in [0, 0.1) is 0 Å². The second-order valence-electron chi connectivity index (χ2n) is 3.12. The quantitative estimate of drug-likeness (QED) is 0.491. The Balaban J connectivity index is 2.34. The number of piperidine rings is 1. The van der Waals surface area contributed by atoms with Crippen molar-refractivity contribution in [2.45, 2.75) is 24.1 Å². The predicted molar refractivity (Wildman–Crippen MR) is 41.9 cm³/mol. The lowest BCUT2D eigenvalue weighted by Gasteiger charge is -2.21. The number of hydrogen-bond acceptors (Lipinski definition) is 4. The summed E-state index contributed by atoms with van der Waals surface area (Å²) >= 11 is 0. The van der Waals surface area contributed by atoms with Gasteiger partial charge in [0.15, 0.2) is 0 Å². The van der Waals surface area contributed by atoms with Gasteiger partial charge < -0.3 is 5.32 Å². The number of fused-ring (bicyclic) bond motifs is 1. The van der Waals surface area contributed by atoms with Crippen molar-refractivity contribution in [3.8, 4) is 0 Å². The number of sulfonamides is 1. The van der Waals surface area contributed by atoms with Crippen LogP contribution in [-0.2, 0) is 14.8 Å². The number of hydrogen-bond donors (Lipinski definition) is 2. The number of rotatable bonds is 0. The molecular weight excluding hydrogens is 180 g/mol. The van der Waals surface area contributed by atoms with Crippen LogP contribution >= 0.6 is 0 Å². The zero-order valence-corrected chi connectivity index (χ0v) is 7.23. The fraction of sp³-hybridized carbons (Fsp3) is 0.833. The Hall–Kier alpha value is -0.620.